The van der Waals surface area contributed by atoms with Gasteiger partial charge in [-0.25, -0.2) is 9.37 Å². The molecule has 1 unspecified atom stereocenters. The van der Waals surface area contributed by atoms with Gasteiger partial charge in [0.15, 0.2) is 0 Å². The van der Waals surface area contributed by atoms with Crippen LogP contribution in [0, 0.1) is 5.82 Å². The molecule has 2 aromatic carbocycles. The summed E-state index contributed by atoms with van der Waals surface area (Å²) in [6.45, 7) is 2.92. The number of amides is 1. The van der Waals surface area contributed by atoms with Gasteiger partial charge in [-0.15, -0.1) is 0 Å². The lowest BCUT2D eigenvalue weighted by Gasteiger charge is -2.32. The third-order valence-electron chi connectivity index (χ3n) is 7.42. The third-order valence-corrected chi connectivity index (χ3v) is 7.42. The van der Waals surface area contributed by atoms with E-state index in [9.17, 15) is 40.6 Å². The third kappa shape index (κ3) is 6.02. The lowest BCUT2D eigenvalue weighted by molar-refractivity contribution is -0.143. The number of alkyl halides is 6. The number of carbonyl (C=O) groups excluding carboxylic acids is 1. The molecule has 2 heterocycles. The van der Waals surface area contributed by atoms with Crippen LogP contribution in [0.15, 0.2) is 54.7 Å². The number of aliphatic hydroxyl groups is 1. The highest BCUT2D eigenvalue weighted by Crippen LogP contribution is 2.41. The average Bonchev–Trinajstić information content (AvgIpc) is 3.40. The van der Waals surface area contributed by atoms with Gasteiger partial charge in [0, 0.05) is 24.7 Å². The zero-order chi connectivity index (χ0) is 30.3. The number of aliphatic hydroxyl groups excluding tert-OH is 1. The number of likely N-dealkylation sites (N-methyl/N-ethyl adjacent to an activating group) is 1. The number of hydrogen-bond donors (Lipinski definition) is 1. The monoisotopic (exact) mass is 583 g/mol. The summed E-state index contributed by atoms with van der Waals surface area (Å²) >= 11 is 0. The minimum absolute atomic E-state index is 0.00466. The van der Waals surface area contributed by atoms with E-state index in [1.807, 2.05) is 4.90 Å². The van der Waals surface area contributed by atoms with E-state index in [1.54, 1.807) is 12.1 Å². The summed E-state index contributed by atoms with van der Waals surface area (Å²) in [5.74, 6) is -1.03. The number of aromatic nitrogens is 1. The molecule has 0 aliphatic carbocycles. The Hall–Kier alpha value is -3.67. The van der Waals surface area contributed by atoms with Crippen LogP contribution in [0.2, 0.25) is 0 Å². The van der Waals surface area contributed by atoms with Crippen molar-refractivity contribution in [3.05, 3.63) is 77.2 Å². The van der Waals surface area contributed by atoms with Crippen molar-refractivity contribution in [3.63, 3.8) is 0 Å². The van der Waals surface area contributed by atoms with Crippen molar-refractivity contribution in [2.75, 3.05) is 30.0 Å². The molecule has 3 aromatic rings. The molecule has 1 atom stereocenters. The van der Waals surface area contributed by atoms with Crippen LogP contribution in [-0.4, -0.2) is 42.2 Å². The van der Waals surface area contributed by atoms with Gasteiger partial charge in [-0.05, 0) is 62.6 Å². The molecule has 1 aliphatic rings. The number of benzene rings is 2. The van der Waals surface area contributed by atoms with E-state index in [-0.39, 0.29) is 35.5 Å². The molecule has 5 nitrogen and oxygen atoms in total. The summed E-state index contributed by atoms with van der Waals surface area (Å²) in [7, 11) is 1.30. The molecule has 1 amide bonds. The zero-order valence-corrected chi connectivity index (χ0v) is 22.4. The maximum absolute atomic E-state index is 15.0. The molecule has 0 bridgehead atoms. The highest BCUT2D eigenvalue weighted by Gasteiger charge is 2.41. The fourth-order valence-electron chi connectivity index (χ4n) is 5.05. The van der Waals surface area contributed by atoms with Gasteiger partial charge in [0.1, 0.15) is 11.6 Å². The molecule has 0 radical (unpaired) electrons. The van der Waals surface area contributed by atoms with E-state index in [0.717, 1.165) is 17.7 Å². The number of anilines is 2. The Labute approximate surface area is 232 Å². The molecule has 1 fully saturated rings. The quantitative estimate of drug-likeness (QED) is 0.324. The second-order valence-corrected chi connectivity index (χ2v) is 10.5. The molecular weight excluding hydrogens is 555 g/mol. The molecule has 41 heavy (non-hydrogen) atoms. The first-order valence-electron chi connectivity index (χ1n) is 12.8. The van der Waals surface area contributed by atoms with Gasteiger partial charge in [0.2, 0.25) is 5.91 Å². The van der Waals surface area contributed by atoms with E-state index >= 15 is 0 Å². The van der Waals surface area contributed by atoms with Crippen molar-refractivity contribution in [2.24, 2.45) is 0 Å². The van der Waals surface area contributed by atoms with E-state index in [0.29, 0.717) is 24.5 Å². The summed E-state index contributed by atoms with van der Waals surface area (Å²) in [5, 5.41) is 9.76. The summed E-state index contributed by atoms with van der Waals surface area (Å²) < 4.78 is 96.1. The number of carbonyl (C=O) groups is 1. The first kappa shape index (κ1) is 30.3. The fraction of sp³-hybridized carbons (Fsp3) is 0.379. The van der Waals surface area contributed by atoms with Gasteiger partial charge in [-0.3, -0.25) is 4.79 Å². The Morgan fingerprint density at radius 3 is 2.12 bits per heavy atom. The van der Waals surface area contributed by atoms with E-state index in [1.165, 1.54) is 45.3 Å². The smallest absolute Gasteiger partial charge is 0.394 e. The van der Waals surface area contributed by atoms with Crippen molar-refractivity contribution in [2.45, 2.75) is 50.5 Å². The van der Waals surface area contributed by atoms with Crippen molar-refractivity contribution >= 4 is 17.4 Å². The van der Waals surface area contributed by atoms with Crippen LogP contribution >= 0.6 is 0 Å². The first-order chi connectivity index (χ1) is 19.1. The molecule has 4 rings (SSSR count). The molecule has 12 heteroatoms. The van der Waals surface area contributed by atoms with Gasteiger partial charge in [-0.2, -0.15) is 26.3 Å². The summed E-state index contributed by atoms with van der Waals surface area (Å²) in [4.78, 5) is 21.1. The second kappa shape index (κ2) is 11.0. The molecular formula is C29H28F7N3O2. The molecule has 0 saturated carbocycles. The molecule has 1 aliphatic heterocycles. The van der Waals surface area contributed by atoms with Gasteiger partial charge in [0.05, 0.1) is 41.1 Å². The van der Waals surface area contributed by atoms with Crippen LogP contribution in [0.3, 0.4) is 0 Å². The van der Waals surface area contributed by atoms with Crippen LogP contribution in [0.5, 0.6) is 0 Å². The highest BCUT2D eigenvalue weighted by molar-refractivity contribution is 6.03. The standard InChI is InChI=1S/C29H28F7N3O2/c1-27(2,17-11-18(28(31,32)33)13-19(12-17)29(34,35)36)26(41)38(3)24-15-37-25(39-10-6-7-20(39)16-40)14-22(24)21-8-4-5-9-23(21)30/h4-5,8-9,11-15,20,40H,6-7,10,16H2,1-3H3. The minimum Gasteiger partial charge on any atom is -0.394 e. The van der Waals surface area contributed by atoms with Crippen LogP contribution in [-0.2, 0) is 22.6 Å². The van der Waals surface area contributed by atoms with Crippen molar-refractivity contribution in [3.8, 4) is 11.1 Å². The minimum atomic E-state index is -5.08. The van der Waals surface area contributed by atoms with Crippen molar-refractivity contribution in [1.82, 2.24) is 4.98 Å². The molecule has 220 valence electrons. The molecule has 1 aromatic heterocycles. The topological polar surface area (TPSA) is 56.7 Å². The van der Waals surface area contributed by atoms with E-state index < -0.39 is 46.2 Å². The lowest BCUT2D eigenvalue weighted by Crippen LogP contribution is -2.42. The molecule has 0 spiro atoms. The predicted octanol–water partition coefficient (Wildman–Crippen LogP) is 6.83. The van der Waals surface area contributed by atoms with Gasteiger partial charge < -0.3 is 14.9 Å². The Kier molecular flexibility index (Phi) is 8.10. The average molecular weight is 584 g/mol. The second-order valence-electron chi connectivity index (χ2n) is 10.5. The largest absolute Gasteiger partial charge is 0.416 e. The van der Waals surface area contributed by atoms with E-state index in [2.05, 4.69) is 4.98 Å². The Bertz CT molecular complexity index is 1400. The van der Waals surface area contributed by atoms with Crippen molar-refractivity contribution in [1.29, 1.82) is 0 Å². The van der Waals surface area contributed by atoms with Gasteiger partial charge in [-0.1, -0.05) is 18.2 Å². The summed E-state index contributed by atoms with van der Waals surface area (Å²) in [6.07, 6.45) is -7.33. The Balaban J connectivity index is 1.82. The first-order valence-corrected chi connectivity index (χ1v) is 12.8. The summed E-state index contributed by atoms with van der Waals surface area (Å²) in [6, 6.07) is 8.19. The SMILES string of the molecule is CN(C(=O)C(C)(C)c1cc(C(F)(F)F)cc(C(F)(F)F)c1)c1cnc(N2CCCC2CO)cc1-c1ccccc1F. The van der Waals surface area contributed by atoms with Gasteiger partial charge in [0.25, 0.3) is 0 Å². The number of hydrogen-bond acceptors (Lipinski definition) is 4. The normalized spacial score (nSPS) is 16.3. The maximum Gasteiger partial charge on any atom is 0.416 e. The van der Waals surface area contributed by atoms with Crippen LogP contribution in [0.4, 0.5) is 42.2 Å². The molecule has 1 N–H and O–H groups in total. The zero-order valence-electron chi connectivity index (χ0n) is 22.4. The predicted molar refractivity (Wildman–Crippen MR) is 140 cm³/mol. The number of rotatable bonds is 6. The Morgan fingerprint density at radius 1 is 0.976 bits per heavy atom. The fourth-order valence-corrected chi connectivity index (χ4v) is 5.05. The maximum atomic E-state index is 15.0. The Morgan fingerprint density at radius 2 is 1.56 bits per heavy atom. The number of pyridine rings is 1. The molecule has 1 saturated heterocycles. The van der Waals surface area contributed by atoms with Crippen LogP contribution in [0.1, 0.15) is 43.4 Å². The van der Waals surface area contributed by atoms with E-state index in [4.69, 9.17) is 0 Å². The van der Waals surface area contributed by atoms with Crippen LogP contribution in [0.25, 0.3) is 11.1 Å². The van der Waals surface area contributed by atoms with Gasteiger partial charge >= 0.3 is 12.4 Å². The van der Waals surface area contributed by atoms with Crippen molar-refractivity contribution < 1.29 is 40.6 Å². The number of nitrogens with zero attached hydrogens (tertiary/aromatic N) is 3. The van der Waals surface area contributed by atoms with Crippen LogP contribution < -0.4 is 9.80 Å². The summed E-state index contributed by atoms with van der Waals surface area (Å²) in [5.41, 5.74) is -4.97. The lowest BCUT2D eigenvalue weighted by atomic mass is 9.81. The highest BCUT2D eigenvalue weighted by atomic mass is 19.4. The number of halogens is 7.